The first-order valence-electron chi connectivity index (χ1n) is 5.97. The van der Waals surface area contributed by atoms with Crippen LogP contribution in [0.1, 0.15) is 31.4 Å². The van der Waals surface area contributed by atoms with Gasteiger partial charge in [-0.2, -0.15) is 0 Å². The van der Waals surface area contributed by atoms with E-state index in [1.165, 1.54) is 5.56 Å². The SMILES string of the molecule is CCC(NC1CNC(=O)C1)c1cccc(Cl)c1. The lowest BCUT2D eigenvalue weighted by Crippen LogP contribution is -2.34. The number of hydrogen-bond donors (Lipinski definition) is 2. The number of nitrogens with one attached hydrogen (secondary N) is 2. The van der Waals surface area contributed by atoms with Gasteiger partial charge in [-0.1, -0.05) is 30.7 Å². The lowest BCUT2D eigenvalue weighted by molar-refractivity contribution is -0.119. The van der Waals surface area contributed by atoms with Gasteiger partial charge in [0.25, 0.3) is 0 Å². The standard InChI is InChI=1S/C13H17ClN2O/c1-2-12(9-4-3-5-10(14)6-9)16-11-7-13(17)15-8-11/h3-6,11-12,16H,2,7-8H2,1H3,(H,15,17). The van der Waals surface area contributed by atoms with Crippen molar-refractivity contribution in [2.45, 2.75) is 31.8 Å². The van der Waals surface area contributed by atoms with Crippen molar-refractivity contribution in [2.75, 3.05) is 6.54 Å². The molecule has 1 heterocycles. The average molecular weight is 253 g/mol. The average Bonchev–Trinajstić information content (AvgIpc) is 2.72. The largest absolute Gasteiger partial charge is 0.354 e. The molecule has 1 saturated heterocycles. The summed E-state index contributed by atoms with van der Waals surface area (Å²) in [7, 11) is 0. The van der Waals surface area contributed by atoms with Crippen LogP contribution in [0.5, 0.6) is 0 Å². The van der Waals surface area contributed by atoms with Crippen LogP contribution in [0, 0.1) is 0 Å². The predicted molar refractivity (Wildman–Crippen MR) is 69.0 cm³/mol. The van der Waals surface area contributed by atoms with Gasteiger partial charge in [-0.05, 0) is 24.1 Å². The van der Waals surface area contributed by atoms with Gasteiger partial charge in [0.05, 0.1) is 0 Å². The van der Waals surface area contributed by atoms with Gasteiger partial charge in [0.15, 0.2) is 0 Å². The number of rotatable bonds is 4. The van der Waals surface area contributed by atoms with E-state index in [0.29, 0.717) is 6.42 Å². The number of benzene rings is 1. The lowest BCUT2D eigenvalue weighted by Gasteiger charge is -2.21. The van der Waals surface area contributed by atoms with Crippen molar-refractivity contribution in [1.82, 2.24) is 10.6 Å². The third kappa shape index (κ3) is 3.20. The smallest absolute Gasteiger partial charge is 0.221 e. The Balaban J connectivity index is 2.03. The van der Waals surface area contributed by atoms with E-state index in [4.69, 9.17) is 11.6 Å². The molecule has 2 rings (SSSR count). The molecule has 0 spiro atoms. The van der Waals surface area contributed by atoms with Crippen LogP contribution in [0.2, 0.25) is 5.02 Å². The van der Waals surface area contributed by atoms with Crippen molar-refractivity contribution in [2.24, 2.45) is 0 Å². The Morgan fingerprint density at radius 2 is 2.41 bits per heavy atom. The summed E-state index contributed by atoms with van der Waals surface area (Å²) in [5, 5.41) is 7.09. The Bertz CT molecular complexity index is 408. The molecule has 0 bridgehead atoms. The first-order chi connectivity index (χ1) is 8.19. The van der Waals surface area contributed by atoms with Crippen molar-refractivity contribution in [1.29, 1.82) is 0 Å². The highest BCUT2D eigenvalue weighted by molar-refractivity contribution is 6.30. The molecule has 1 amide bonds. The molecule has 1 aromatic carbocycles. The van der Waals surface area contributed by atoms with E-state index >= 15 is 0 Å². The second-order valence-electron chi connectivity index (χ2n) is 4.39. The van der Waals surface area contributed by atoms with Crippen LogP contribution in [0.3, 0.4) is 0 Å². The molecular formula is C13H17ClN2O. The Morgan fingerprint density at radius 1 is 1.59 bits per heavy atom. The van der Waals surface area contributed by atoms with Crippen LogP contribution in [-0.4, -0.2) is 18.5 Å². The molecule has 2 atom stereocenters. The zero-order chi connectivity index (χ0) is 12.3. The van der Waals surface area contributed by atoms with E-state index in [1.54, 1.807) is 0 Å². The number of hydrogen-bond acceptors (Lipinski definition) is 2. The number of halogens is 1. The second-order valence-corrected chi connectivity index (χ2v) is 4.82. The van der Waals surface area contributed by atoms with Gasteiger partial charge >= 0.3 is 0 Å². The molecule has 3 nitrogen and oxygen atoms in total. The molecule has 1 aliphatic rings. The topological polar surface area (TPSA) is 41.1 Å². The highest BCUT2D eigenvalue weighted by atomic mass is 35.5. The van der Waals surface area contributed by atoms with E-state index in [9.17, 15) is 4.79 Å². The second kappa shape index (κ2) is 5.52. The van der Waals surface area contributed by atoms with Crippen LogP contribution >= 0.6 is 11.6 Å². The summed E-state index contributed by atoms with van der Waals surface area (Å²) in [4.78, 5) is 11.1. The van der Waals surface area contributed by atoms with E-state index in [0.717, 1.165) is 18.0 Å². The van der Waals surface area contributed by atoms with Crippen LogP contribution in [0.4, 0.5) is 0 Å². The van der Waals surface area contributed by atoms with Gasteiger partial charge in [0.1, 0.15) is 0 Å². The highest BCUT2D eigenvalue weighted by Gasteiger charge is 2.23. The molecule has 2 unspecified atom stereocenters. The molecule has 1 fully saturated rings. The normalized spacial score (nSPS) is 21.3. The molecule has 92 valence electrons. The zero-order valence-corrected chi connectivity index (χ0v) is 10.6. The highest BCUT2D eigenvalue weighted by Crippen LogP contribution is 2.21. The summed E-state index contributed by atoms with van der Waals surface area (Å²) in [6.07, 6.45) is 1.54. The summed E-state index contributed by atoms with van der Waals surface area (Å²) < 4.78 is 0. The van der Waals surface area contributed by atoms with Crippen molar-refractivity contribution in [3.05, 3.63) is 34.9 Å². The fourth-order valence-electron chi connectivity index (χ4n) is 2.18. The van der Waals surface area contributed by atoms with Crippen LogP contribution in [0.25, 0.3) is 0 Å². The van der Waals surface area contributed by atoms with Gasteiger partial charge in [-0.25, -0.2) is 0 Å². The number of carbonyl (C=O) groups is 1. The van der Waals surface area contributed by atoms with Gasteiger partial charge in [-0.15, -0.1) is 0 Å². The molecule has 0 saturated carbocycles. The maximum absolute atomic E-state index is 11.1. The predicted octanol–water partition coefficient (Wildman–Crippen LogP) is 2.27. The molecule has 4 heteroatoms. The van der Waals surface area contributed by atoms with Crippen LogP contribution < -0.4 is 10.6 Å². The lowest BCUT2D eigenvalue weighted by atomic mass is 10.0. The van der Waals surface area contributed by atoms with E-state index < -0.39 is 0 Å². The summed E-state index contributed by atoms with van der Waals surface area (Å²) in [6.45, 7) is 2.85. The fraction of sp³-hybridized carbons (Fsp3) is 0.462. The van der Waals surface area contributed by atoms with Crippen LogP contribution in [-0.2, 0) is 4.79 Å². The maximum atomic E-state index is 11.1. The first kappa shape index (κ1) is 12.4. The minimum Gasteiger partial charge on any atom is -0.354 e. The molecule has 0 radical (unpaired) electrons. The molecule has 17 heavy (non-hydrogen) atoms. The van der Waals surface area contributed by atoms with Gasteiger partial charge in [0.2, 0.25) is 5.91 Å². The van der Waals surface area contributed by atoms with E-state index in [2.05, 4.69) is 23.6 Å². The Kier molecular flexibility index (Phi) is 4.02. The Morgan fingerprint density at radius 3 is 3.00 bits per heavy atom. The van der Waals surface area contributed by atoms with Crippen molar-refractivity contribution < 1.29 is 4.79 Å². The monoisotopic (exact) mass is 252 g/mol. The van der Waals surface area contributed by atoms with Crippen molar-refractivity contribution >= 4 is 17.5 Å². The zero-order valence-electron chi connectivity index (χ0n) is 9.87. The quantitative estimate of drug-likeness (QED) is 0.863. The fourth-order valence-corrected chi connectivity index (χ4v) is 2.38. The summed E-state index contributed by atoms with van der Waals surface area (Å²) in [6, 6.07) is 8.36. The maximum Gasteiger partial charge on any atom is 0.221 e. The van der Waals surface area contributed by atoms with E-state index in [-0.39, 0.29) is 18.0 Å². The summed E-state index contributed by atoms with van der Waals surface area (Å²) in [5.74, 6) is 0.128. The number of carbonyl (C=O) groups excluding carboxylic acids is 1. The molecule has 0 aromatic heterocycles. The minimum absolute atomic E-state index is 0.128. The molecule has 1 aliphatic heterocycles. The summed E-state index contributed by atoms with van der Waals surface area (Å²) >= 11 is 5.99. The molecular weight excluding hydrogens is 236 g/mol. The molecule has 1 aromatic rings. The minimum atomic E-state index is 0.128. The Hall–Kier alpha value is -1.06. The first-order valence-corrected chi connectivity index (χ1v) is 6.35. The third-order valence-corrected chi connectivity index (χ3v) is 3.31. The van der Waals surface area contributed by atoms with Gasteiger partial charge < -0.3 is 10.6 Å². The van der Waals surface area contributed by atoms with Crippen LogP contribution in [0.15, 0.2) is 24.3 Å². The third-order valence-electron chi connectivity index (χ3n) is 3.07. The summed E-state index contributed by atoms with van der Waals surface area (Å²) in [5.41, 5.74) is 1.18. The molecule has 0 aliphatic carbocycles. The van der Waals surface area contributed by atoms with Crippen molar-refractivity contribution in [3.63, 3.8) is 0 Å². The Labute approximate surface area is 107 Å². The number of amides is 1. The molecule has 2 N–H and O–H groups in total. The van der Waals surface area contributed by atoms with Crippen molar-refractivity contribution in [3.8, 4) is 0 Å². The van der Waals surface area contributed by atoms with Gasteiger partial charge in [0, 0.05) is 30.1 Å². The van der Waals surface area contributed by atoms with Gasteiger partial charge in [-0.3, -0.25) is 4.79 Å². The van der Waals surface area contributed by atoms with E-state index in [1.807, 2.05) is 18.2 Å².